The van der Waals surface area contributed by atoms with Crippen molar-refractivity contribution in [2.24, 2.45) is 5.73 Å². The minimum Gasteiger partial charge on any atom is -0.385 e. The van der Waals surface area contributed by atoms with Crippen molar-refractivity contribution >= 4 is 23.5 Å². The Morgan fingerprint density at radius 2 is 1.96 bits per heavy atom. The molecule has 1 fully saturated rings. The number of rotatable bonds is 6. The minimum absolute atomic E-state index is 0.216. The maximum atomic E-state index is 12.4. The van der Waals surface area contributed by atoms with Gasteiger partial charge in [0.1, 0.15) is 12.2 Å². The standard InChI is InChI=1S/C16H22N4O4/c1-19-15(22)13(18-12(21)9-6-10-24-2)14(17)20(16(19)23)11-7-4-3-5-8-11/h3-5,7-8,13-14H,6,9-10,17H2,1-2H3,(H,18,21). The summed E-state index contributed by atoms with van der Waals surface area (Å²) in [7, 11) is 2.92. The maximum absolute atomic E-state index is 12.4. The number of nitrogens with zero attached hydrogens (tertiary/aromatic N) is 2. The normalized spacial score (nSPS) is 21.1. The number of ether oxygens (including phenoxy) is 1. The lowest BCUT2D eigenvalue weighted by molar-refractivity contribution is -0.135. The summed E-state index contributed by atoms with van der Waals surface area (Å²) >= 11 is 0. The molecule has 4 amide bonds. The fourth-order valence-corrected chi connectivity index (χ4v) is 2.53. The summed E-state index contributed by atoms with van der Waals surface area (Å²) in [5.74, 6) is -0.837. The van der Waals surface area contributed by atoms with Crippen molar-refractivity contribution in [3.05, 3.63) is 30.3 Å². The summed E-state index contributed by atoms with van der Waals surface area (Å²) in [5.41, 5.74) is 6.68. The van der Waals surface area contributed by atoms with Crippen LogP contribution in [0.5, 0.6) is 0 Å². The van der Waals surface area contributed by atoms with Crippen LogP contribution in [0.15, 0.2) is 30.3 Å². The van der Waals surface area contributed by atoms with Gasteiger partial charge in [-0.05, 0) is 18.6 Å². The molecular formula is C16H22N4O4. The fourth-order valence-electron chi connectivity index (χ4n) is 2.53. The lowest BCUT2D eigenvalue weighted by Gasteiger charge is -2.41. The van der Waals surface area contributed by atoms with Crippen LogP contribution in [0.2, 0.25) is 0 Å². The Hall–Kier alpha value is -2.45. The van der Waals surface area contributed by atoms with Gasteiger partial charge < -0.3 is 15.8 Å². The third kappa shape index (κ3) is 3.72. The Morgan fingerprint density at radius 1 is 1.29 bits per heavy atom. The Labute approximate surface area is 140 Å². The molecule has 2 rings (SSSR count). The van der Waals surface area contributed by atoms with E-state index in [0.29, 0.717) is 18.7 Å². The van der Waals surface area contributed by atoms with E-state index in [1.807, 2.05) is 6.07 Å². The van der Waals surface area contributed by atoms with Crippen molar-refractivity contribution in [1.29, 1.82) is 0 Å². The van der Waals surface area contributed by atoms with E-state index in [9.17, 15) is 14.4 Å². The highest BCUT2D eigenvalue weighted by Gasteiger charge is 2.44. The second kappa shape index (κ2) is 7.89. The highest BCUT2D eigenvalue weighted by atomic mass is 16.5. The first kappa shape index (κ1) is 17.9. The molecule has 2 unspecified atom stereocenters. The highest BCUT2D eigenvalue weighted by molar-refractivity contribution is 6.09. The first-order chi connectivity index (χ1) is 11.5. The van der Waals surface area contributed by atoms with Gasteiger partial charge in [-0.3, -0.25) is 19.4 Å². The predicted molar refractivity (Wildman–Crippen MR) is 88.1 cm³/mol. The van der Waals surface area contributed by atoms with E-state index in [4.69, 9.17) is 10.5 Å². The van der Waals surface area contributed by atoms with Crippen LogP contribution >= 0.6 is 0 Å². The van der Waals surface area contributed by atoms with Gasteiger partial charge in [0.25, 0.3) is 5.91 Å². The molecule has 0 aromatic heterocycles. The molecule has 0 spiro atoms. The van der Waals surface area contributed by atoms with E-state index < -0.39 is 24.1 Å². The highest BCUT2D eigenvalue weighted by Crippen LogP contribution is 2.22. The van der Waals surface area contributed by atoms with Gasteiger partial charge in [0.2, 0.25) is 5.91 Å². The number of nitrogens with two attached hydrogens (primary N) is 1. The molecule has 2 atom stereocenters. The third-order valence-electron chi connectivity index (χ3n) is 3.83. The van der Waals surface area contributed by atoms with Crippen LogP contribution in [0.3, 0.4) is 0 Å². The van der Waals surface area contributed by atoms with Crippen LogP contribution in [0, 0.1) is 0 Å². The molecule has 0 bridgehead atoms. The summed E-state index contributed by atoms with van der Waals surface area (Å²) in [6, 6.07) is 7.27. The van der Waals surface area contributed by atoms with Crippen molar-refractivity contribution in [2.45, 2.75) is 25.0 Å². The van der Waals surface area contributed by atoms with Crippen LogP contribution in [-0.4, -0.2) is 55.7 Å². The monoisotopic (exact) mass is 334 g/mol. The van der Waals surface area contributed by atoms with Crippen LogP contribution < -0.4 is 16.0 Å². The fraction of sp³-hybridized carbons (Fsp3) is 0.438. The number of imide groups is 1. The van der Waals surface area contributed by atoms with E-state index in [2.05, 4.69) is 5.32 Å². The first-order valence-electron chi connectivity index (χ1n) is 7.67. The Bertz CT molecular complexity index is 607. The first-order valence-corrected chi connectivity index (χ1v) is 7.67. The molecule has 8 nitrogen and oxygen atoms in total. The molecule has 1 heterocycles. The van der Waals surface area contributed by atoms with E-state index in [0.717, 1.165) is 4.90 Å². The van der Waals surface area contributed by atoms with E-state index >= 15 is 0 Å². The van der Waals surface area contributed by atoms with Crippen LogP contribution in [-0.2, 0) is 14.3 Å². The summed E-state index contributed by atoms with van der Waals surface area (Å²) in [6.45, 7) is 0.451. The van der Waals surface area contributed by atoms with Crippen molar-refractivity contribution in [2.75, 3.05) is 25.7 Å². The third-order valence-corrected chi connectivity index (χ3v) is 3.83. The van der Waals surface area contributed by atoms with Gasteiger partial charge in [-0.25, -0.2) is 4.79 Å². The van der Waals surface area contributed by atoms with Crippen molar-refractivity contribution in [1.82, 2.24) is 10.2 Å². The van der Waals surface area contributed by atoms with Gasteiger partial charge in [-0.2, -0.15) is 0 Å². The van der Waals surface area contributed by atoms with Gasteiger partial charge in [-0.15, -0.1) is 0 Å². The maximum Gasteiger partial charge on any atom is 0.332 e. The number of nitrogens with one attached hydrogen (secondary N) is 1. The lowest BCUT2D eigenvalue weighted by Crippen LogP contribution is -2.71. The van der Waals surface area contributed by atoms with Crippen LogP contribution in [0.1, 0.15) is 12.8 Å². The Morgan fingerprint density at radius 3 is 2.58 bits per heavy atom. The van der Waals surface area contributed by atoms with Gasteiger partial charge in [0.15, 0.2) is 0 Å². The number of methoxy groups -OCH3 is 1. The molecule has 8 heteroatoms. The zero-order valence-corrected chi connectivity index (χ0v) is 13.8. The molecule has 1 aliphatic heterocycles. The molecule has 0 radical (unpaired) electrons. The minimum atomic E-state index is -0.997. The van der Waals surface area contributed by atoms with Crippen LogP contribution in [0.4, 0.5) is 10.5 Å². The van der Waals surface area contributed by atoms with Gasteiger partial charge in [0.05, 0.1) is 0 Å². The van der Waals surface area contributed by atoms with Crippen molar-refractivity contribution < 1.29 is 19.1 Å². The number of anilines is 1. The molecule has 0 aliphatic carbocycles. The molecule has 0 saturated carbocycles. The zero-order chi connectivity index (χ0) is 17.7. The zero-order valence-electron chi connectivity index (χ0n) is 13.8. The number of urea groups is 1. The average molecular weight is 334 g/mol. The Kier molecular flexibility index (Phi) is 5.88. The quantitative estimate of drug-likeness (QED) is 0.727. The summed E-state index contributed by atoms with van der Waals surface area (Å²) in [6.07, 6.45) is -0.224. The van der Waals surface area contributed by atoms with Gasteiger partial charge in [-0.1, -0.05) is 18.2 Å². The van der Waals surface area contributed by atoms with E-state index in [1.165, 1.54) is 11.9 Å². The molecule has 1 aromatic carbocycles. The topological polar surface area (TPSA) is 105 Å². The molecule has 130 valence electrons. The molecule has 1 saturated heterocycles. The predicted octanol–water partition coefficient (Wildman–Crippen LogP) is 0.281. The van der Waals surface area contributed by atoms with Crippen molar-refractivity contribution in [3.63, 3.8) is 0 Å². The summed E-state index contributed by atoms with van der Waals surface area (Å²) < 4.78 is 4.90. The van der Waals surface area contributed by atoms with Gasteiger partial charge >= 0.3 is 6.03 Å². The number of likely N-dealkylation sites (N-methyl/N-ethyl adjacent to an activating group) is 1. The molecule has 1 aromatic rings. The number of benzene rings is 1. The summed E-state index contributed by atoms with van der Waals surface area (Å²) in [4.78, 5) is 39.0. The van der Waals surface area contributed by atoms with Crippen LogP contribution in [0.25, 0.3) is 0 Å². The van der Waals surface area contributed by atoms with E-state index in [1.54, 1.807) is 31.4 Å². The number of carbonyl (C=O) groups is 3. The second-order valence-corrected chi connectivity index (χ2v) is 5.52. The average Bonchev–Trinajstić information content (AvgIpc) is 2.58. The SMILES string of the molecule is COCCCC(=O)NC1C(=O)N(C)C(=O)N(c2ccccc2)C1N. The largest absolute Gasteiger partial charge is 0.385 e. The lowest BCUT2D eigenvalue weighted by atomic mass is 10.1. The number of hydrogen-bond acceptors (Lipinski definition) is 5. The second-order valence-electron chi connectivity index (χ2n) is 5.52. The molecule has 3 N–H and O–H groups in total. The molecular weight excluding hydrogens is 312 g/mol. The number of para-hydroxylation sites is 1. The molecule has 24 heavy (non-hydrogen) atoms. The molecule has 1 aliphatic rings. The Balaban J connectivity index is 2.17. The number of carbonyl (C=O) groups excluding carboxylic acids is 3. The van der Waals surface area contributed by atoms with Crippen molar-refractivity contribution in [3.8, 4) is 0 Å². The number of hydrogen-bond donors (Lipinski definition) is 2. The summed E-state index contributed by atoms with van der Waals surface area (Å²) in [5, 5.41) is 2.62. The van der Waals surface area contributed by atoms with E-state index in [-0.39, 0.29) is 12.3 Å². The number of amides is 4. The van der Waals surface area contributed by atoms with Gasteiger partial charge in [0, 0.05) is 32.9 Å². The smallest absolute Gasteiger partial charge is 0.332 e.